The summed E-state index contributed by atoms with van der Waals surface area (Å²) in [6, 6.07) is 6.46. The molecule has 0 spiro atoms. The first-order valence-corrected chi connectivity index (χ1v) is 5.92. The molecule has 3 rings (SSSR count). The summed E-state index contributed by atoms with van der Waals surface area (Å²) in [5.74, 6) is 0. The summed E-state index contributed by atoms with van der Waals surface area (Å²) in [7, 11) is 0. The standard InChI is InChI=1S/C13H15N3O/c1-9-11(4-7-17-9)16-10-2-3-12-13(8-10)15-6-5-14-12/h2-3,5-6,8-9,11,16H,4,7H2,1H3. The number of hydrogen-bond acceptors (Lipinski definition) is 4. The van der Waals surface area contributed by atoms with Crippen molar-refractivity contribution >= 4 is 16.7 Å². The second-order valence-electron chi connectivity index (χ2n) is 4.38. The Hall–Kier alpha value is -1.68. The molecule has 0 saturated carbocycles. The van der Waals surface area contributed by atoms with Crippen LogP contribution in [0.5, 0.6) is 0 Å². The molecule has 88 valence electrons. The Morgan fingerprint density at radius 1 is 1.24 bits per heavy atom. The number of nitrogens with one attached hydrogen (secondary N) is 1. The Bertz CT molecular complexity index is 529. The van der Waals surface area contributed by atoms with E-state index in [9.17, 15) is 0 Å². The Balaban J connectivity index is 1.85. The molecule has 1 aliphatic rings. The molecule has 1 aromatic carbocycles. The molecule has 2 atom stereocenters. The molecule has 1 fully saturated rings. The van der Waals surface area contributed by atoms with Crippen molar-refractivity contribution < 1.29 is 4.74 Å². The van der Waals surface area contributed by atoms with Gasteiger partial charge >= 0.3 is 0 Å². The molecule has 2 heterocycles. The van der Waals surface area contributed by atoms with E-state index in [1.54, 1.807) is 12.4 Å². The molecule has 4 nitrogen and oxygen atoms in total. The van der Waals surface area contributed by atoms with Crippen LogP contribution in [0.2, 0.25) is 0 Å². The normalized spacial score (nSPS) is 24.1. The third-order valence-corrected chi connectivity index (χ3v) is 3.20. The predicted octanol–water partition coefficient (Wildman–Crippen LogP) is 2.22. The summed E-state index contributed by atoms with van der Waals surface area (Å²) in [5.41, 5.74) is 2.93. The lowest BCUT2D eigenvalue weighted by atomic mass is 10.1. The van der Waals surface area contributed by atoms with Crippen LogP contribution in [0.15, 0.2) is 30.6 Å². The van der Waals surface area contributed by atoms with Gasteiger partial charge in [0.05, 0.1) is 23.2 Å². The summed E-state index contributed by atoms with van der Waals surface area (Å²) >= 11 is 0. The zero-order chi connectivity index (χ0) is 11.7. The van der Waals surface area contributed by atoms with E-state index in [2.05, 4.69) is 22.2 Å². The molecule has 1 N–H and O–H groups in total. The Kier molecular flexibility index (Phi) is 2.65. The zero-order valence-electron chi connectivity index (χ0n) is 9.76. The monoisotopic (exact) mass is 229 g/mol. The number of aromatic nitrogens is 2. The lowest BCUT2D eigenvalue weighted by molar-refractivity contribution is 0.121. The van der Waals surface area contributed by atoms with E-state index in [-0.39, 0.29) is 6.10 Å². The Labute approximate surface area is 100 Å². The van der Waals surface area contributed by atoms with Crippen molar-refractivity contribution in [2.75, 3.05) is 11.9 Å². The quantitative estimate of drug-likeness (QED) is 0.857. The molecule has 0 bridgehead atoms. The van der Waals surface area contributed by atoms with Crippen molar-refractivity contribution in [1.82, 2.24) is 9.97 Å². The topological polar surface area (TPSA) is 47.0 Å². The highest BCUT2D eigenvalue weighted by Gasteiger charge is 2.23. The van der Waals surface area contributed by atoms with E-state index in [1.165, 1.54) is 0 Å². The number of ether oxygens (including phenoxy) is 1. The van der Waals surface area contributed by atoms with Gasteiger partial charge in [0.1, 0.15) is 0 Å². The van der Waals surface area contributed by atoms with Gasteiger partial charge in [0.2, 0.25) is 0 Å². The van der Waals surface area contributed by atoms with Crippen molar-refractivity contribution in [2.45, 2.75) is 25.5 Å². The molecule has 2 unspecified atom stereocenters. The van der Waals surface area contributed by atoms with Crippen molar-refractivity contribution in [3.05, 3.63) is 30.6 Å². The number of nitrogens with zero attached hydrogens (tertiary/aromatic N) is 2. The lowest BCUT2D eigenvalue weighted by Crippen LogP contribution is -2.26. The van der Waals surface area contributed by atoms with Crippen LogP contribution in [0.3, 0.4) is 0 Å². The van der Waals surface area contributed by atoms with Gasteiger partial charge in [0, 0.05) is 24.7 Å². The second-order valence-corrected chi connectivity index (χ2v) is 4.38. The number of benzene rings is 1. The van der Waals surface area contributed by atoms with Gasteiger partial charge in [-0.25, -0.2) is 0 Å². The van der Waals surface area contributed by atoms with E-state index < -0.39 is 0 Å². The van der Waals surface area contributed by atoms with Gasteiger partial charge in [-0.05, 0) is 31.5 Å². The van der Waals surface area contributed by atoms with Crippen LogP contribution in [0.4, 0.5) is 5.69 Å². The first kappa shape index (κ1) is 10.5. The van der Waals surface area contributed by atoms with Crippen LogP contribution in [-0.4, -0.2) is 28.7 Å². The molecule has 1 aliphatic heterocycles. The van der Waals surface area contributed by atoms with Gasteiger partial charge in [-0.3, -0.25) is 9.97 Å². The Morgan fingerprint density at radius 3 is 2.82 bits per heavy atom. The molecule has 0 aliphatic carbocycles. The third-order valence-electron chi connectivity index (χ3n) is 3.20. The van der Waals surface area contributed by atoms with E-state index in [1.807, 2.05) is 18.2 Å². The first-order valence-electron chi connectivity index (χ1n) is 5.92. The molecular weight excluding hydrogens is 214 g/mol. The minimum atomic E-state index is 0.271. The van der Waals surface area contributed by atoms with Crippen molar-refractivity contribution in [3.63, 3.8) is 0 Å². The van der Waals surface area contributed by atoms with Gasteiger partial charge in [-0.2, -0.15) is 0 Å². The fourth-order valence-corrected chi connectivity index (χ4v) is 2.19. The summed E-state index contributed by atoms with van der Waals surface area (Å²) in [6.07, 6.45) is 4.75. The fraction of sp³-hybridized carbons (Fsp3) is 0.385. The average Bonchev–Trinajstić information content (AvgIpc) is 2.75. The minimum Gasteiger partial charge on any atom is -0.380 e. The largest absolute Gasteiger partial charge is 0.380 e. The fourth-order valence-electron chi connectivity index (χ4n) is 2.19. The SMILES string of the molecule is CC1OCCC1Nc1ccc2nccnc2c1. The number of anilines is 1. The third kappa shape index (κ3) is 2.08. The lowest BCUT2D eigenvalue weighted by Gasteiger charge is -2.17. The molecular formula is C13H15N3O. The van der Waals surface area contributed by atoms with Gasteiger partial charge in [0.25, 0.3) is 0 Å². The van der Waals surface area contributed by atoms with Gasteiger partial charge in [-0.1, -0.05) is 0 Å². The van der Waals surface area contributed by atoms with Crippen LogP contribution < -0.4 is 5.32 Å². The molecule has 2 aromatic rings. The minimum absolute atomic E-state index is 0.271. The maximum Gasteiger partial charge on any atom is 0.0907 e. The van der Waals surface area contributed by atoms with Gasteiger partial charge < -0.3 is 10.1 Å². The van der Waals surface area contributed by atoms with Gasteiger partial charge in [-0.15, -0.1) is 0 Å². The molecule has 1 aromatic heterocycles. The first-order chi connectivity index (χ1) is 8.33. The maximum absolute atomic E-state index is 5.53. The number of hydrogen-bond donors (Lipinski definition) is 1. The summed E-state index contributed by atoms with van der Waals surface area (Å²) in [6.45, 7) is 2.94. The smallest absolute Gasteiger partial charge is 0.0907 e. The average molecular weight is 229 g/mol. The molecule has 1 saturated heterocycles. The maximum atomic E-state index is 5.53. The van der Waals surface area contributed by atoms with Crippen molar-refractivity contribution in [3.8, 4) is 0 Å². The summed E-state index contributed by atoms with van der Waals surface area (Å²) in [4.78, 5) is 8.56. The number of rotatable bonds is 2. The number of fused-ring (bicyclic) bond motifs is 1. The van der Waals surface area contributed by atoms with E-state index in [4.69, 9.17) is 4.74 Å². The highest BCUT2D eigenvalue weighted by Crippen LogP contribution is 2.21. The summed E-state index contributed by atoms with van der Waals surface area (Å²) in [5, 5.41) is 3.49. The Morgan fingerprint density at radius 2 is 2.06 bits per heavy atom. The van der Waals surface area contributed by atoms with Crippen LogP contribution in [0.1, 0.15) is 13.3 Å². The van der Waals surface area contributed by atoms with Crippen molar-refractivity contribution in [2.24, 2.45) is 0 Å². The highest BCUT2D eigenvalue weighted by molar-refractivity contribution is 5.78. The molecule has 0 amide bonds. The molecule has 0 radical (unpaired) electrons. The van der Waals surface area contributed by atoms with Crippen molar-refractivity contribution in [1.29, 1.82) is 0 Å². The van der Waals surface area contributed by atoms with E-state index in [0.717, 1.165) is 29.7 Å². The van der Waals surface area contributed by atoms with E-state index in [0.29, 0.717) is 6.04 Å². The van der Waals surface area contributed by atoms with Gasteiger partial charge in [0.15, 0.2) is 0 Å². The predicted molar refractivity (Wildman–Crippen MR) is 67.0 cm³/mol. The second kappa shape index (κ2) is 4.30. The van der Waals surface area contributed by atoms with Crippen LogP contribution in [0, 0.1) is 0 Å². The van der Waals surface area contributed by atoms with Crippen LogP contribution in [0.25, 0.3) is 11.0 Å². The zero-order valence-corrected chi connectivity index (χ0v) is 9.76. The highest BCUT2D eigenvalue weighted by atomic mass is 16.5. The van der Waals surface area contributed by atoms with Crippen LogP contribution >= 0.6 is 0 Å². The van der Waals surface area contributed by atoms with Crippen LogP contribution in [-0.2, 0) is 4.74 Å². The van der Waals surface area contributed by atoms with E-state index >= 15 is 0 Å². The molecule has 17 heavy (non-hydrogen) atoms. The summed E-state index contributed by atoms with van der Waals surface area (Å²) < 4.78 is 5.53. The molecule has 4 heteroatoms.